The fourth-order valence-corrected chi connectivity index (χ4v) is 5.84. The van der Waals surface area contributed by atoms with E-state index in [0.717, 1.165) is 0 Å². The normalized spacial score (nSPS) is 13.2. The number of fused-ring (bicyclic) bond motifs is 2. The van der Waals surface area contributed by atoms with Gasteiger partial charge in [-0.2, -0.15) is 0 Å². The van der Waals surface area contributed by atoms with Crippen LogP contribution in [0.4, 0.5) is 0 Å². The lowest BCUT2D eigenvalue weighted by Gasteiger charge is -2.22. The summed E-state index contributed by atoms with van der Waals surface area (Å²) in [5.74, 6) is 0. The smallest absolute Gasteiger partial charge is 0.00208 e. The maximum Gasteiger partial charge on any atom is -0.00208 e. The molecule has 1 aliphatic carbocycles. The van der Waals surface area contributed by atoms with Gasteiger partial charge in [0.15, 0.2) is 0 Å². The Morgan fingerprint density at radius 3 is 1.89 bits per heavy atom. The molecule has 0 N–H and O–H groups in total. The van der Waals surface area contributed by atoms with Crippen molar-refractivity contribution in [2.45, 2.75) is 26.2 Å². The average Bonchev–Trinajstić information content (AvgIpc) is 3.04. The van der Waals surface area contributed by atoms with Gasteiger partial charge in [0, 0.05) is 0 Å². The summed E-state index contributed by atoms with van der Waals surface area (Å²) in [7, 11) is 0. The molecule has 172 valence electrons. The lowest BCUT2D eigenvalue weighted by Crippen LogP contribution is -2.10. The minimum absolute atomic E-state index is 0.0912. The molecular formula is C36H28. The molecule has 0 bridgehead atoms. The summed E-state index contributed by atoms with van der Waals surface area (Å²) in [5.41, 5.74) is 9.08. The largest absolute Gasteiger partial charge is 0.0616 e. The molecule has 36 heavy (non-hydrogen) atoms. The van der Waals surface area contributed by atoms with Crippen molar-refractivity contribution < 1.29 is 0 Å². The first-order chi connectivity index (χ1) is 17.5. The fourth-order valence-electron chi connectivity index (χ4n) is 5.84. The molecule has 0 aliphatic heterocycles. The first-order valence-electron chi connectivity index (χ1n) is 12.8. The van der Waals surface area contributed by atoms with Gasteiger partial charge in [-0.05, 0) is 88.8 Å². The molecular weight excluding hydrogens is 432 g/mol. The molecule has 0 saturated carbocycles. The van der Waals surface area contributed by atoms with E-state index in [0.29, 0.717) is 0 Å². The maximum absolute atomic E-state index is 2.42. The van der Waals surface area contributed by atoms with Gasteiger partial charge in [-0.3, -0.25) is 0 Å². The predicted molar refractivity (Wildman–Crippen MR) is 158 cm³/mol. The van der Waals surface area contributed by atoms with Gasteiger partial charge in [0.1, 0.15) is 0 Å². The van der Waals surface area contributed by atoms with Crippen molar-refractivity contribution in [3.05, 3.63) is 130 Å². The molecule has 6 aromatic carbocycles. The van der Waals surface area contributed by atoms with E-state index < -0.39 is 0 Å². The van der Waals surface area contributed by atoms with Gasteiger partial charge in [-0.1, -0.05) is 124 Å². The van der Waals surface area contributed by atoms with Crippen LogP contribution in [0.15, 0.2) is 97.1 Å². The summed E-state index contributed by atoms with van der Waals surface area (Å²) in [6.07, 6.45) is 6.91. The van der Waals surface area contributed by atoms with E-state index in [9.17, 15) is 0 Å². The molecule has 0 aromatic heterocycles. The molecule has 0 saturated heterocycles. The van der Waals surface area contributed by atoms with E-state index in [-0.39, 0.29) is 5.41 Å². The number of benzene rings is 6. The lowest BCUT2D eigenvalue weighted by atomic mass is 9.82. The topological polar surface area (TPSA) is 0 Å². The first kappa shape index (κ1) is 21.1. The van der Waals surface area contributed by atoms with Crippen LogP contribution in [0.2, 0.25) is 0 Å². The van der Waals surface area contributed by atoms with E-state index in [1.54, 1.807) is 0 Å². The van der Waals surface area contributed by atoms with Crippen molar-refractivity contribution >= 4 is 56.1 Å². The molecule has 0 heteroatoms. The van der Waals surface area contributed by atoms with Gasteiger partial charge in [-0.15, -0.1) is 0 Å². The fraction of sp³-hybridized carbons (Fsp3) is 0.111. The maximum atomic E-state index is 2.42. The molecule has 0 heterocycles. The number of hydrogen-bond donors (Lipinski definition) is 0. The van der Waals surface area contributed by atoms with E-state index in [1.165, 1.54) is 71.3 Å². The van der Waals surface area contributed by atoms with Gasteiger partial charge in [0.05, 0.1) is 0 Å². The summed E-state index contributed by atoms with van der Waals surface area (Å²) in [4.78, 5) is 0. The minimum Gasteiger partial charge on any atom is -0.0616 e. The summed E-state index contributed by atoms with van der Waals surface area (Å²) in [6, 6.07) is 36.0. The van der Waals surface area contributed by atoms with E-state index >= 15 is 0 Å². The standard InChI is InChI=1S/C36H28/c1-36(2,3)29-20-26-18-17-25-11-8-14-32-27(19-28(21-29)34(26)35(25)32)22-33-30-12-6-4-9-23(30)15-16-24-10-5-7-13-31(24)33/h4-22H,1-3H3. The Balaban J connectivity index is 1.60. The predicted octanol–water partition coefficient (Wildman–Crippen LogP) is 9.95. The second-order valence-corrected chi connectivity index (χ2v) is 11.0. The lowest BCUT2D eigenvalue weighted by molar-refractivity contribution is 0.591. The van der Waals surface area contributed by atoms with E-state index in [2.05, 4.69) is 136 Å². The van der Waals surface area contributed by atoms with Gasteiger partial charge in [-0.25, -0.2) is 0 Å². The minimum atomic E-state index is 0.0912. The van der Waals surface area contributed by atoms with Crippen molar-refractivity contribution in [1.29, 1.82) is 0 Å². The van der Waals surface area contributed by atoms with Crippen molar-refractivity contribution in [1.82, 2.24) is 0 Å². The van der Waals surface area contributed by atoms with Crippen LogP contribution in [0.5, 0.6) is 0 Å². The van der Waals surface area contributed by atoms with Crippen LogP contribution in [-0.2, 0) is 5.41 Å². The molecule has 0 unspecified atom stereocenters. The van der Waals surface area contributed by atoms with Gasteiger partial charge in [0.25, 0.3) is 0 Å². The highest BCUT2D eigenvalue weighted by atomic mass is 14.2. The van der Waals surface area contributed by atoms with Crippen LogP contribution in [0.25, 0.3) is 56.1 Å². The zero-order valence-electron chi connectivity index (χ0n) is 21.0. The third kappa shape index (κ3) is 3.22. The molecule has 0 atom stereocenters. The van der Waals surface area contributed by atoms with Crippen molar-refractivity contribution in [3.63, 3.8) is 0 Å². The third-order valence-electron chi connectivity index (χ3n) is 7.72. The molecule has 0 radical (unpaired) electrons. The molecule has 0 nitrogen and oxygen atoms in total. The summed E-state index contributed by atoms with van der Waals surface area (Å²) in [6.45, 7) is 6.90. The Morgan fingerprint density at radius 1 is 0.556 bits per heavy atom. The summed E-state index contributed by atoms with van der Waals surface area (Å²) >= 11 is 0. The SMILES string of the molecule is CC(C)(C)c1cc2ccc3cccc4c(C=C5c6ccccc6C=Cc6ccccc65)cc(c1)c2c34. The second kappa shape index (κ2) is 7.67. The highest BCUT2D eigenvalue weighted by Crippen LogP contribution is 2.41. The van der Waals surface area contributed by atoms with E-state index in [4.69, 9.17) is 0 Å². The summed E-state index contributed by atoms with van der Waals surface area (Å²) < 4.78 is 0. The van der Waals surface area contributed by atoms with Gasteiger partial charge < -0.3 is 0 Å². The number of rotatable bonds is 1. The number of hydrogen-bond acceptors (Lipinski definition) is 0. The highest BCUT2D eigenvalue weighted by Gasteiger charge is 2.19. The average molecular weight is 461 g/mol. The Morgan fingerprint density at radius 2 is 1.19 bits per heavy atom. The van der Waals surface area contributed by atoms with Crippen molar-refractivity contribution in [3.8, 4) is 0 Å². The van der Waals surface area contributed by atoms with Crippen molar-refractivity contribution in [2.24, 2.45) is 0 Å². The highest BCUT2D eigenvalue weighted by molar-refractivity contribution is 6.25. The molecule has 0 amide bonds. The molecule has 0 fully saturated rings. The Bertz CT molecular complexity index is 1800. The Labute approximate surface area is 212 Å². The zero-order chi connectivity index (χ0) is 24.4. The quantitative estimate of drug-likeness (QED) is 0.214. The van der Waals surface area contributed by atoms with Crippen LogP contribution in [0, 0.1) is 0 Å². The van der Waals surface area contributed by atoms with E-state index in [1.807, 2.05) is 0 Å². The monoisotopic (exact) mass is 460 g/mol. The zero-order valence-corrected chi connectivity index (χ0v) is 21.0. The first-order valence-corrected chi connectivity index (χ1v) is 12.8. The molecule has 1 aliphatic rings. The Hall–Kier alpha value is -4.16. The van der Waals surface area contributed by atoms with Crippen LogP contribution in [-0.4, -0.2) is 0 Å². The Kier molecular flexibility index (Phi) is 4.51. The van der Waals surface area contributed by atoms with Crippen LogP contribution in [0.3, 0.4) is 0 Å². The molecule has 0 spiro atoms. The van der Waals surface area contributed by atoms with Crippen LogP contribution < -0.4 is 0 Å². The summed E-state index contributed by atoms with van der Waals surface area (Å²) in [5, 5.41) is 8.01. The third-order valence-corrected chi connectivity index (χ3v) is 7.72. The van der Waals surface area contributed by atoms with Crippen LogP contribution >= 0.6 is 0 Å². The molecule has 7 rings (SSSR count). The van der Waals surface area contributed by atoms with Gasteiger partial charge in [0.2, 0.25) is 0 Å². The molecule has 6 aromatic rings. The van der Waals surface area contributed by atoms with Crippen LogP contribution in [0.1, 0.15) is 54.2 Å². The van der Waals surface area contributed by atoms with Gasteiger partial charge >= 0.3 is 0 Å². The second-order valence-electron chi connectivity index (χ2n) is 11.0. The van der Waals surface area contributed by atoms with Crippen molar-refractivity contribution in [2.75, 3.05) is 0 Å².